The maximum atomic E-state index is 11.5. The molecule has 4 nitrogen and oxygen atoms in total. The molecule has 1 rings (SSSR count). The number of carboxylic acids is 1. The summed E-state index contributed by atoms with van der Waals surface area (Å²) in [5.41, 5.74) is 0. The molecule has 1 aliphatic carbocycles. The molecule has 3 unspecified atom stereocenters. The summed E-state index contributed by atoms with van der Waals surface area (Å²) in [4.78, 5) is 22.5. The van der Waals surface area contributed by atoms with Crippen molar-refractivity contribution < 1.29 is 19.4 Å². The molecule has 86 valence electrons. The number of rotatable bonds is 3. The Bertz CT molecular complexity index is 254. The highest BCUT2D eigenvalue weighted by molar-refractivity contribution is 7.80. The van der Waals surface area contributed by atoms with Crippen LogP contribution < -0.4 is 0 Å². The number of carbonyl (C=O) groups is 2. The Morgan fingerprint density at radius 3 is 2.60 bits per heavy atom. The molecule has 1 N–H and O–H groups in total. The standard InChI is InChI=1S/C10H16O4S/c1-2-14-10(13)8-5-6(15)3-4-7(8)9(11)12/h6-8,15H,2-5H2,1H3,(H,11,12). The molecule has 0 aromatic heterocycles. The van der Waals surface area contributed by atoms with E-state index in [2.05, 4.69) is 12.6 Å². The number of carbonyl (C=O) groups excluding carboxylic acids is 1. The zero-order valence-electron chi connectivity index (χ0n) is 8.68. The second-order valence-corrected chi connectivity index (χ2v) is 4.50. The lowest BCUT2D eigenvalue weighted by molar-refractivity contribution is -0.159. The third-order valence-electron chi connectivity index (χ3n) is 2.73. The van der Waals surface area contributed by atoms with Crippen molar-refractivity contribution in [3.8, 4) is 0 Å². The van der Waals surface area contributed by atoms with Gasteiger partial charge >= 0.3 is 11.9 Å². The molecule has 0 heterocycles. The number of aliphatic carboxylic acids is 1. The van der Waals surface area contributed by atoms with Gasteiger partial charge < -0.3 is 9.84 Å². The molecular weight excluding hydrogens is 216 g/mol. The summed E-state index contributed by atoms with van der Waals surface area (Å²) < 4.78 is 4.87. The number of carboxylic acid groups (broad SMARTS) is 1. The molecule has 5 heteroatoms. The van der Waals surface area contributed by atoms with E-state index in [1.807, 2.05) is 0 Å². The smallest absolute Gasteiger partial charge is 0.309 e. The maximum Gasteiger partial charge on any atom is 0.309 e. The van der Waals surface area contributed by atoms with Crippen LogP contribution in [-0.2, 0) is 14.3 Å². The van der Waals surface area contributed by atoms with Gasteiger partial charge in [0.05, 0.1) is 18.4 Å². The fraction of sp³-hybridized carbons (Fsp3) is 0.800. The Balaban J connectivity index is 2.69. The first-order valence-electron chi connectivity index (χ1n) is 5.13. The Morgan fingerprint density at radius 2 is 2.07 bits per heavy atom. The van der Waals surface area contributed by atoms with Crippen LogP contribution in [0.5, 0.6) is 0 Å². The van der Waals surface area contributed by atoms with Crippen LogP contribution in [0.15, 0.2) is 0 Å². The SMILES string of the molecule is CCOC(=O)C1CC(S)CCC1C(=O)O. The van der Waals surface area contributed by atoms with E-state index < -0.39 is 23.8 Å². The van der Waals surface area contributed by atoms with Gasteiger partial charge in [-0.3, -0.25) is 9.59 Å². The number of ether oxygens (including phenoxy) is 1. The summed E-state index contributed by atoms with van der Waals surface area (Å²) in [6.45, 7) is 2.01. The molecule has 0 spiro atoms. The Hall–Kier alpha value is -0.710. The van der Waals surface area contributed by atoms with Crippen LogP contribution in [0.2, 0.25) is 0 Å². The van der Waals surface area contributed by atoms with Crippen LogP contribution in [0.4, 0.5) is 0 Å². The van der Waals surface area contributed by atoms with Crippen molar-refractivity contribution in [2.24, 2.45) is 11.8 Å². The van der Waals surface area contributed by atoms with Gasteiger partial charge in [0, 0.05) is 5.25 Å². The molecule has 0 amide bonds. The number of esters is 1. The summed E-state index contributed by atoms with van der Waals surface area (Å²) in [6, 6.07) is 0. The lowest BCUT2D eigenvalue weighted by Crippen LogP contribution is -2.37. The molecule has 0 aliphatic heterocycles. The average molecular weight is 232 g/mol. The summed E-state index contributed by atoms with van der Waals surface area (Å²) in [7, 11) is 0. The van der Waals surface area contributed by atoms with Gasteiger partial charge in [0.25, 0.3) is 0 Å². The predicted octanol–water partition coefficient (Wildman–Crippen LogP) is 1.35. The molecule has 0 bridgehead atoms. The normalized spacial score (nSPS) is 30.9. The van der Waals surface area contributed by atoms with E-state index in [0.29, 0.717) is 19.4 Å². The first-order valence-corrected chi connectivity index (χ1v) is 5.65. The van der Waals surface area contributed by atoms with Gasteiger partial charge in [0.1, 0.15) is 0 Å². The summed E-state index contributed by atoms with van der Waals surface area (Å²) in [5, 5.41) is 9.09. The lowest BCUT2D eigenvalue weighted by atomic mass is 9.79. The molecule has 15 heavy (non-hydrogen) atoms. The van der Waals surface area contributed by atoms with Crippen LogP contribution in [-0.4, -0.2) is 28.9 Å². The van der Waals surface area contributed by atoms with Crippen LogP contribution in [0.1, 0.15) is 26.2 Å². The molecule has 0 aromatic carbocycles. The van der Waals surface area contributed by atoms with Gasteiger partial charge in [0.2, 0.25) is 0 Å². The highest BCUT2D eigenvalue weighted by Crippen LogP contribution is 2.33. The molecular formula is C10H16O4S. The van der Waals surface area contributed by atoms with Crippen LogP contribution in [0.3, 0.4) is 0 Å². The first-order chi connectivity index (χ1) is 7.06. The van der Waals surface area contributed by atoms with Gasteiger partial charge in [-0.2, -0.15) is 12.6 Å². The van der Waals surface area contributed by atoms with Crippen molar-refractivity contribution in [2.45, 2.75) is 31.4 Å². The molecule has 0 radical (unpaired) electrons. The summed E-state index contributed by atoms with van der Waals surface area (Å²) in [6.07, 6.45) is 1.75. The highest BCUT2D eigenvalue weighted by atomic mass is 32.1. The average Bonchev–Trinajstić information content (AvgIpc) is 2.17. The van der Waals surface area contributed by atoms with E-state index >= 15 is 0 Å². The number of hydrogen-bond donors (Lipinski definition) is 2. The van der Waals surface area contributed by atoms with Gasteiger partial charge in [-0.05, 0) is 26.2 Å². The molecule has 0 aromatic rings. The molecule has 3 atom stereocenters. The van der Waals surface area contributed by atoms with Crippen molar-refractivity contribution in [1.29, 1.82) is 0 Å². The summed E-state index contributed by atoms with van der Waals surface area (Å²) in [5.74, 6) is -2.44. The molecule has 1 fully saturated rings. The van der Waals surface area contributed by atoms with E-state index in [1.54, 1.807) is 6.92 Å². The minimum absolute atomic E-state index is 0.106. The van der Waals surface area contributed by atoms with Crippen LogP contribution >= 0.6 is 12.6 Å². The van der Waals surface area contributed by atoms with Gasteiger partial charge in [-0.25, -0.2) is 0 Å². The van der Waals surface area contributed by atoms with E-state index in [0.717, 1.165) is 6.42 Å². The highest BCUT2D eigenvalue weighted by Gasteiger charge is 2.39. The Morgan fingerprint density at radius 1 is 1.40 bits per heavy atom. The second kappa shape index (κ2) is 5.39. The Labute approximate surface area is 94.4 Å². The van der Waals surface area contributed by atoms with E-state index in [4.69, 9.17) is 9.84 Å². The number of hydrogen-bond acceptors (Lipinski definition) is 4. The van der Waals surface area contributed by atoms with Crippen molar-refractivity contribution in [2.75, 3.05) is 6.61 Å². The van der Waals surface area contributed by atoms with Gasteiger partial charge in [0.15, 0.2) is 0 Å². The fourth-order valence-corrected chi connectivity index (χ4v) is 2.33. The fourth-order valence-electron chi connectivity index (χ4n) is 1.95. The third kappa shape index (κ3) is 3.12. The Kier molecular flexibility index (Phi) is 4.45. The zero-order valence-corrected chi connectivity index (χ0v) is 9.57. The monoisotopic (exact) mass is 232 g/mol. The third-order valence-corrected chi connectivity index (χ3v) is 3.20. The zero-order chi connectivity index (χ0) is 11.4. The van der Waals surface area contributed by atoms with Crippen molar-refractivity contribution >= 4 is 24.6 Å². The number of thiol groups is 1. The maximum absolute atomic E-state index is 11.5. The minimum Gasteiger partial charge on any atom is -0.481 e. The largest absolute Gasteiger partial charge is 0.481 e. The predicted molar refractivity (Wildman–Crippen MR) is 57.9 cm³/mol. The molecule has 1 saturated carbocycles. The topological polar surface area (TPSA) is 63.6 Å². The van der Waals surface area contributed by atoms with Crippen LogP contribution in [0, 0.1) is 11.8 Å². The van der Waals surface area contributed by atoms with Gasteiger partial charge in [-0.15, -0.1) is 0 Å². The van der Waals surface area contributed by atoms with Crippen molar-refractivity contribution in [1.82, 2.24) is 0 Å². The van der Waals surface area contributed by atoms with Gasteiger partial charge in [-0.1, -0.05) is 0 Å². The first kappa shape index (κ1) is 12.4. The van der Waals surface area contributed by atoms with E-state index in [1.165, 1.54) is 0 Å². The quantitative estimate of drug-likeness (QED) is 0.569. The lowest BCUT2D eigenvalue weighted by Gasteiger charge is -2.30. The van der Waals surface area contributed by atoms with E-state index in [-0.39, 0.29) is 5.25 Å². The van der Waals surface area contributed by atoms with Crippen molar-refractivity contribution in [3.63, 3.8) is 0 Å². The molecule has 1 aliphatic rings. The molecule has 0 saturated heterocycles. The summed E-state index contributed by atoms with van der Waals surface area (Å²) >= 11 is 4.29. The van der Waals surface area contributed by atoms with Crippen molar-refractivity contribution in [3.05, 3.63) is 0 Å². The minimum atomic E-state index is -0.909. The van der Waals surface area contributed by atoms with E-state index in [9.17, 15) is 9.59 Å². The van der Waals surface area contributed by atoms with Crippen LogP contribution in [0.25, 0.3) is 0 Å². The second-order valence-electron chi connectivity index (χ2n) is 3.77.